The molecule has 0 radical (unpaired) electrons. The van der Waals surface area contributed by atoms with Crippen molar-refractivity contribution in [1.82, 2.24) is 0 Å². The van der Waals surface area contributed by atoms with E-state index < -0.39 is 5.60 Å². The molecule has 13 heavy (non-hydrogen) atoms. The van der Waals surface area contributed by atoms with Crippen molar-refractivity contribution < 1.29 is 14.3 Å². The molecular formula is C10H18O3. The van der Waals surface area contributed by atoms with Crippen molar-refractivity contribution >= 4 is 5.97 Å². The van der Waals surface area contributed by atoms with E-state index >= 15 is 0 Å². The van der Waals surface area contributed by atoms with Gasteiger partial charge in [-0.2, -0.15) is 0 Å². The molecule has 0 bridgehead atoms. The van der Waals surface area contributed by atoms with Gasteiger partial charge in [-0.05, 0) is 27.2 Å². The van der Waals surface area contributed by atoms with Crippen LogP contribution in [0.25, 0.3) is 0 Å². The van der Waals surface area contributed by atoms with Gasteiger partial charge in [0.25, 0.3) is 0 Å². The number of ether oxygens (including phenoxy) is 2. The van der Waals surface area contributed by atoms with Crippen LogP contribution in [-0.2, 0) is 14.3 Å². The number of esters is 1. The first-order valence-corrected chi connectivity index (χ1v) is 4.83. The highest BCUT2D eigenvalue weighted by Crippen LogP contribution is 2.44. The lowest BCUT2D eigenvalue weighted by molar-refractivity contribution is -0.261. The van der Waals surface area contributed by atoms with Gasteiger partial charge in [0.15, 0.2) is 5.60 Å². The summed E-state index contributed by atoms with van der Waals surface area (Å²) in [4.78, 5) is 11.5. The Morgan fingerprint density at radius 1 is 1.46 bits per heavy atom. The maximum Gasteiger partial charge on any atom is 0.338 e. The molecule has 3 nitrogen and oxygen atoms in total. The molecule has 1 rings (SSSR count). The molecule has 0 aromatic carbocycles. The third-order valence-electron chi connectivity index (χ3n) is 2.40. The quantitative estimate of drug-likeness (QED) is 0.631. The average molecular weight is 186 g/mol. The second-order valence-electron chi connectivity index (χ2n) is 4.11. The molecule has 3 heteroatoms. The molecule has 1 fully saturated rings. The number of carbonyl (C=O) groups excluding carboxylic acids is 1. The van der Waals surface area contributed by atoms with Crippen LogP contribution in [0.15, 0.2) is 0 Å². The molecule has 1 aliphatic rings. The Kier molecular flexibility index (Phi) is 2.66. The predicted octanol–water partition coefficient (Wildman–Crippen LogP) is 1.90. The number of carbonyl (C=O) groups is 1. The molecule has 1 aliphatic heterocycles. The van der Waals surface area contributed by atoms with Crippen molar-refractivity contribution in [3.63, 3.8) is 0 Å². The van der Waals surface area contributed by atoms with E-state index in [4.69, 9.17) is 9.47 Å². The summed E-state index contributed by atoms with van der Waals surface area (Å²) < 4.78 is 10.6. The van der Waals surface area contributed by atoms with E-state index in [9.17, 15) is 4.79 Å². The highest BCUT2D eigenvalue weighted by molar-refractivity contribution is 5.80. The summed E-state index contributed by atoms with van der Waals surface area (Å²) in [5.74, 6) is -0.211. The highest BCUT2D eigenvalue weighted by atomic mass is 16.6. The predicted molar refractivity (Wildman–Crippen MR) is 49.4 cm³/mol. The van der Waals surface area contributed by atoms with Gasteiger partial charge in [0, 0.05) is 6.42 Å². The van der Waals surface area contributed by atoms with Gasteiger partial charge in [-0.15, -0.1) is 0 Å². The van der Waals surface area contributed by atoms with Crippen LogP contribution < -0.4 is 0 Å². The van der Waals surface area contributed by atoms with E-state index in [2.05, 4.69) is 0 Å². The van der Waals surface area contributed by atoms with Crippen molar-refractivity contribution in [1.29, 1.82) is 0 Å². The first kappa shape index (κ1) is 10.5. The first-order valence-electron chi connectivity index (χ1n) is 4.83. The van der Waals surface area contributed by atoms with Crippen LogP contribution in [0.4, 0.5) is 0 Å². The van der Waals surface area contributed by atoms with Gasteiger partial charge < -0.3 is 9.47 Å². The first-order chi connectivity index (χ1) is 5.96. The molecule has 0 aliphatic carbocycles. The van der Waals surface area contributed by atoms with Crippen LogP contribution in [0.1, 0.15) is 40.5 Å². The molecular weight excluding hydrogens is 168 g/mol. The monoisotopic (exact) mass is 186 g/mol. The minimum Gasteiger partial charge on any atom is -0.464 e. The standard InChI is InChI=1S/C10H18O3/c1-5-10(8(11)12-6-2)7-9(3,4)13-10/h5-7H2,1-4H3. The minimum absolute atomic E-state index is 0.164. The summed E-state index contributed by atoms with van der Waals surface area (Å²) in [6, 6.07) is 0. The maximum atomic E-state index is 11.5. The van der Waals surface area contributed by atoms with Crippen molar-refractivity contribution in [2.45, 2.75) is 51.7 Å². The average Bonchev–Trinajstić information content (AvgIpc) is 1.99. The fourth-order valence-corrected chi connectivity index (χ4v) is 1.93. The number of rotatable bonds is 3. The van der Waals surface area contributed by atoms with Crippen LogP contribution in [0.5, 0.6) is 0 Å². The highest BCUT2D eigenvalue weighted by Gasteiger charge is 2.55. The molecule has 0 N–H and O–H groups in total. The molecule has 0 aromatic heterocycles. The van der Waals surface area contributed by atoms with Crippen LogP contribution >= 0.6 is 0 Å². The topological polar surface area (TPSA) is 35.5 Å². The summed E-state index contributed by atoms with van der Waals surface area (Å²) in [5, 5.41) is 0. The Labute approximate surface area is 79.4 Å². The van der Waals surface area contributed by atoms with Crippen molar-refractivity contribution in [2.75, 3.05) is 6.61 Å². The third-order valence-corrected chi connectivity index (χ3v) is 2.40. The molecule has 0 saturated carbocycles. The van der Waals surface area contributed by atoms with Crippen LogP contribution in [0.3, 0.4) is 0 Å². The zero-order valence-electron chi connectivity index (χ0n) is 8.85. The van der Waals surface area contributed by atoms with Gasteiger partial charge in [-0.25, -0.2) is 4.79 Å². The molecule has 76 valence electrons. The van der Waals surface area contributed by atoms with E-state index in [1.807, 2.05) is 27.7 Å². The van der Waals surface area contributed by atoms with E-state index in [0.717, 1.165) is 6.42 Å². The van der Waals surface area contributed by atoms with Gasteiger partial charge in [0.1, 0.15) is 0 Å². The summed E-state index contributed by atoms with van der Waals surface area (Å²) in [7, 11) is 0. The van der Waals surface area contributed by atoms with E-state index in [-0.39, 0.29) is 11.6 Å². The summed E-state index contributed by atoms with van der Waals surface area (Å²) in [5.41, 5.74) is -0.817. The minimum atomic E-state index is -0.653. The van der Waals surface area contributed by atoms with Gasteiger partial charge in [-0.1, -0.05) is 6.92 Å². The molecule has 0 aromatic rings. The summed E-state index contributed by atoms with van der Waals surface area (Å²) in [6.45, 7) is 8.15. The largest absolute Gasteiger partial charge is 0.464 e. The Morgan fingerprint density at radius 3 is 2.31 bits per heavy atom. The van der Waals surface area contributed by atoms with Crippen molar-refractivity contribution in [3.05, 3.63) is 0 Å². The maximum absolute atomic E-state index is 11.5. The van der Waals surface area contributed by atoms with Crippen LogP contribution in [0, 0.1) is 0 Å². The Bertz CT molecular complexity index is 200. The van der Waals surface area contributed by atoms with E-state index in [1.54, 1.807) is 0 Å². The third kappa shape index (κ3) is 1.85. The second kappa shape index (κ2) is 3.29. The zero-order chi connectivity index (χ0) is 10.1. The molecule has 1 saturated heterocycles. The molecule has 0 spiro atoms. The van der Waals surface area contributed by atoms with Gasteiger partial charge in [0.2, 0.25) is 0 Å². The lowest BCUT2D eigenvalue weighted by Gasteiger charge is -2.50. The Morgan fingerprint density at radius 2 is 2.00 bits per heavy atom. The summed E-state index contributed by atoms with van der Waals surface area (Å²) >= 11 is 0. The molecule has 1 unspecified atom stereocenters. The molecule has 1 atom stereocenters. The fraction of sp³-hybridized carbons (Fsp3) is 0.900. The Hall–Kier alpha value is -0.570. The van der Waals surface area contributed by atoms with E-state index in [1.165, 1.54) is 0 Å². The van der Waals surface area contributed by atoms with Gasteiger partial charge in [0.05, 0.1) is 12.2 Å². The fourth-order valence-electron chi connectivity index (χ4n) is 1.93. The van der Waals surface area contributed by atoms with Crippen molar-refractivity contribution in [3.8, 4) is 0 Å². The number of hydrogen-bond donors (Lipinski definition) is 0. The number of hydrogen-bond acceptors (Lipinski definition) is 3. The molecule has 1 heterocycles. The lowest BCUT2D eigenvalue weighted by Crippen LogP contribution is -2.61. The van der Waals surface area contributed by atoms with Gasteiger partial charge >= 0.3 is 5.97 Å². The smallest absolute Gasteiger partial charge is 0.338 e. The second-order valence-corrected chi connectivity index (χ2v) is 4.11. The lowest BCUT2D eigenvalue weighted by atomic mass is 9.79. The SMILES string of the molecule is CCOC(=O)C1(CC)CC(C)(C)O1. The van der Waals surface area contributed by atoms with Crippen LogP contribution in [0.2, 0.25) is 0 Å². The Balaban J connectivity index is 2.59. The van der Waals surface area contributed by atoms with Crippen molar-refractivity contribution in [2.24, 2.45) is 0 Å². The normalized spacial score (nSPS) is 30.8. The van der Waals surface area contributed by atoms with Crippen LogP contribution in [-0.4, -0.2) is 23.8 Å². The zero-order valence-corrected chi connectivity index (χ0v) is 8.85. The van der Waals surface area contributed by atoms with Gasteiger partial charge in [-0.3, -0.25) is 0 Å². The molecule has 0 amide bonds. The van der Waals surface area contributed by atoms with E-state index in [0.29, 0.717) is 13.0 Å². The summed E-state index contributed by atoms with van der Waals surface area (Å²) in [6.07, 6.45) is 1.45.